The van der Waals surface area contributed by atoms with Crippen LogP contribution in [-0.2, 0) is 16.1 Å². The summed E-state index contributed by atoms with van der Waals surface area (Å²) in [5.74, 6) is 5.25. The SMILES string of the molecule is NOC1CCN(C(=O)Cc2ccc(Br)cc2)C1. The fourth-order valence-corrected chi connectivity index (χ4v) is 2.22. The third kappa shape index (κ3) is 3.28. The first-order valence-corrected chi connectivity index (χ1v) is 6.36. The normalized spacial score (nSPS) is 19.6. The molecule has 92 valence electrons. The Bertz CT molecular complexity index is 394. The van der Waals surface area contributed by atoms with E-state index >= 15 is 0 Å². The largest absolute Gasteiger partial charge is 0.340 e. The lowest BCUT2D eigenvalue weighted by molar-refractivity contribution is -0.129. The zero-order valence-corrected chi connectivity index (χ0v) is 11.0. The van der Waals surface area contributed by atoms with Gasteiger partial charge in [-0.3, -0.25) is 9.63 Å². The molecular weight excluding hydrogens is 284 g/mol. The van der Waals surface area contributed by atoms with Gasteiger partial charge in [0.15, 0.2) is 0 Å². The van der Waals surface area contributed by atoms with Crippen LogP contribution in [0.1, 0.15) is 12.0 Å². The number of likely N-dealkylation sites (tertiary alicyclic amines) is 1. The third-order valence-corrected chi connectivity index (χ3v) is 3.49. The quantitative estimate of drug-likeness (QED) is 0.860. The van der Waals surface area contributed by atoms with Gasteiger partial charge in [-0.1, -0.05) is 28.1 Å². The average molecular weight is 299 g/mol. The number of benzene rings is 1. The first-order chi connectivity index (χ1) is 8.19. The van der Waals surface area contributed by atoms with E-state index in [2.05, 4.69) is 15.9 Å². The van der Waals surface area contributed by atoms with Crippen LogP contribution in [0, 0.1) is 0 Å². The second-order valence-corrected chi connectivity index (χ2v) is 5.11. The molecule has 0 aromatic heterocycles. The molecule has 1 fully saturated rings. The van der Waals surface area contributed by atoms with Gasteiger partial charge in [-0.15, -0.1) is 0 Å². The maximum atomic E-state index is 12.0. The van der Waals surface area contributed by atoms with Gasteiger partial charge in [0, 0.05) is 17.6 Å². The molecular formula is C12H15BrN2O2. The number of amides is 1. The number of rotatable bonds is 3. The third-order valence-electron chi connectivity index (χ3n) is 2.96. The molecule has 1 amide bonds. The molecule has 0 aliphatic carbocycles. The predicted molar refractivity (Wildman–Crippen MR) is 68.1 cm³/mol. The van der Waals surface area contributed by atoms with E-state index in [0.717, 1.165) is 23.0 Å². The van der Waals surface area contributed by atoms with Gasteiger partial charge in [0.2, 0.25) is 5.91 Å². The Morgan fingerprint density at radius 2 is 2.18 bits per heavy atom. The van der Waals surface area contributed by atoms with Crippen LogP contribution in [0.3, 0.4) is 0 Å². The number of hydrogen-bond acceptors (Lipinski definition) is 3. The Morgan fingerprint density at radius 3 is 2.76 bits per heavy atom. The predicted octanol–water partition coefficient (Wildman–Crippen LogP) is 1.48. The monoisotopic (exact) mass is 298 g/mol. The van der Waals surface area contributed by atoms with Crippen molar-refractivity contribution in [2.45, 2.75) is 18.9 Å². The number of hydrogen-bond donors (Lipinski definition) is 1. The standard InChI is InChI=1S/C12H15BrN2O2/c13-10-3-1-9(2-4-10)7-12(16)15-6-5-11(8-15)17-14/h1-4,11H,5-8,14H2. The van der Waals surface area contributed by atoms with Gasteiger partial charge in [0.05, 0.1) is 12.5 Å². The van der Waals surface area contributed by atoms with Crippen molar-refractivity contribution >= 4 is 21.8 Å². The summed E-state index contributed by atoms with van der Waals surface area (Å²) in [5.41, 5.74) is 1.02. The van der Waals surface area contributed by atoms with Crippen LogP contribution in [0.25, 0.3) is 0 Å². The van der Waals surface area contributed by atoms with Crippen LogP contribution >= 0.6 is 15.9 Å². The van der Waals surface area contributed by atoms with Crippen LogP contribution in [0.2, 0.25) is 0 Å². The number of nitrogens with zero attached hydrogens (tertiary/aromatic N) is 1. The molecule has 0 radical (unpaired) electrons. The second-order valence-electron chi connectivity index (χ2n) is 4.19. The molecule has 1 heterocycles. The van der Waals surface area contributed by atoms with Crippen molar-refractivity contribution in [1.82, 2.24) is 4.90 Å². The first kappa shape index (κ1) is 12.5. The zero-order valence-electron chi connectivity index (χ0n) is 9.43. The molecule has 1 aliphatic heterocycles. The topological polar surface area (TPSA) is 55.6 Å². The van der Waals surface area contributed by atoms with Crippen molar-refractivity contribution in [1.29, 1.82) is 0 Å². The molecule has 1 aromatic carbocycles. The van der Waals surface area contributed by atoms with Gasteiger partial charge < -0.3 is 4.90 Å². The van der Waals surface area contributed by atoms with Crippen LogP contribution in [0.5, 0.6) is 0 Å². The highest BCUT2D eigenvalue weighted by Gasteiger charge is 2.26. The minimum Gasteiger partial charge on any atom is -0.340 e. The van der Waals surface area contributed by atoms with E-state index in [9.17, 15) is 4.79 Å². The Hall–Kier alpha value is -0.910. The lowest BCUT2D eigenvalue weighted by Crippen LogP contribution is -2.32. The summed E-state index contributed by atoms with van der Waals surface area (Å²) in [5, 5.41) is 0. The van der Waals surface area contributed by atoms with E-state index in [1.165, 1.54) is 0 Å². The molecule has 5 heteroatoms. The van der Waals surface area contributed by atoms with Crippen molar-refractivity contribution in [2.75, 3.05) is 13.1 Å². The van der Waals surface area contributed by atoms with Gasteiger partial charge in [-0.05, 0) is 24.1 Å². The van der Waals surface area contributed by atoms with Gasteiger partial charge in [-0.25, -0.2) is 5.90 Å². The van der Waals surface area contributed by atoms with Gasteiger partial charge in [0.25, 0.3) is 0 Å². The molecule has 1 aromatic rings. The van der Waals surface area contributed by atoms with Crippen molar-refractivity contribution in [3.63, 3.8) is 0 Å². The summed E-state index contributed by atoms with van der Waals surface area (Å²) in [4.78, 5) is 18.5. The molecule has 0 saturated carbocycles. The molecule has 0 bridgehead atoms. The van der Waals surface area contributed by atoms with E-state index in [0.29, 0.717) is 13.0 Å². The van der Waals surface area contributed by atoms with E-state index in [-0.39, 0.29) is 12.0 Å². The number of nitrogens with two attached hydrogens (primary N) is 1. The fraction of sp³-hybridized carbons (Fsp3) is 0.417. The van der Waals surface area contributed by atoms with Crippen molar-refractivity contribution in [2.24, 2.45) is 5.90 Å². The van der Waals surface area contributed by atoms with Gasteiger partial charge in [0.1, 0.15) is 0 Å². The highest BCUT2D eigenvalue weighted by molar-refractivity contribution is 9.10. The highest BCUT2D eigenvalue weighted by atomic mass is 79.9. The minimum absolute atomic E-state index is 0.0103. The van der Waals surface area contributed by atoms with Gasteiger partial charge >= 0.3 is 0 Å². The average Bonchev–Trinajstić information content (AvgIpc) is 2.81. The van der Waals surface area contributed by atoms with E-state index < -0.39 is 0 Å². The van der Waals surface area contributed by atoms with E-state index in [1.54, 1.807) is 4.90 Å². The summed E-state index contributed by atoms with van der Waals surface area (Å²) in [7, 11) is 0. The number of carbonyl (C=O) groups is 1. The van der Waals surface area contributed by atoms with Crippen LogP contribution in [0.15, 0.2) is 28.7 Å². The van der Waals surface area contributed by atoms with Crippen LogP contribution in [-0.4, -0.2) is 30.0 Å². The summed E-state index contributed by atoms with van der Waals surface area (Å²) in [6.45, 7) is 1.34. The molecule has 2 rings (SSSR count). The van der Waals surface area contributed by atoms with E-state index in [4.69, 9.17) is 10.7 Å². The zero-order chi connectivity index (χ0) is 12.3. The summed E-state index contributed by atoms with van der Waals surface area (Å²) < 4.78 is 1.02. The molecule has 1 unspecified atom stereocenters. The van der Waals surface area contributed by atoms with Crippen molar-refractivity contribution < 1.29 is 9.63 Å². The molecule has 17 heavy (non-hydrogen) atoms. The number of halogens is 1. The Balaban J connectivity index is 1.91. The molecule has 1 aliphatic rings. The molecule has 0 spiro atoms. The van der Waals surface area contributed by atoms with Crippen LogP contribution in [0.4, 0.5) is 0 Å². The summed E-state index contributed by atoms with van der Waals surface area (Å²) >= 11 is 3.37. The smallest absolute Gasteiger partial charge is 0.227 e. The second kappa shape index (κ2) is 5.62. The number of carbonyl (C=O) groups excluding carboxylic acids is 1. The Morgan fingerprint density at radius 1 is 1.47 bits per heavy atom. The van der Waals surface area contributed by atoms with E-state index in [1.807, 2.05) is 24.3 Å². The van der Waals surface area contributed by atoms with Gasteiger partial charge in [-0.2, -0.15) is 0 Å². The lowest BCUT2D eigenvalue weighted by atomic mass is 10.1. The Kier molecular flexibility index (Phi) is 4.15. The van der Waals surface area contributed by atoms with Crippen molar-refractivity contribution in [3.05, 3.63) is 34.3 Å². The molecule has 1 saturated heterocycles. The maximum absolute atomic E-state index is 12.0. The summed E-state index contributed by atoms with van der Waals surface area (Å²) in [6.07, 6.45) is 1.25. The molecule has 1 atom stereocenters. The molecule has 2 N–H and O–H groups in total. The highest BCUT2D eigenvalue weighted by Crippen LogP contribution is 2.15. The minimum atomic E-state index is -0.0103. The maximum Gasteiger partial charge on any atom is 0.227 e. The van der Waals surface area contributed by atoms with Crippen LogP contribution < -0.4 is 5.90 Å². The van der Waals surface area contributed by atoms with Crippen molar-refractivity contribution in [3.8, 4) is 0 Å². The molecule has 4 nitrogen and oxygen atoms in total. The lowest BCUT2D eigenvalue weighted by Gasteiger charge is -2.15. The first-order valence-electron chi connectivity index (χ1n) is 5.57. The summed E-state index contributed by atoms with van der Waals surface area (Å²) in [6, 6.07) is 7.79. The fourth-order valence-electron chi connectivity index (χ4n) is 1.95. The Labute approximate surface area is 109 Å².